The van der Waals surface area contributed by atoms with Gasteiger partial charge in [-0.1, -0.05) is 18.2 Å². The number of Topliss-reactive ketones (excluding diaryl/α,β-unsaturated/α-hetero) is 1. The van der Waals surface area contributed by atoms with Crippen molar-refractivity contribution in [2.24, 2.45) is 5.92 Å². The van der Waals surface area contributed by atoms with Gasteiger partial charge in [0.25, 0.3) is 11.5 Å². The Bertz CT molecular complexity index is 1210. The minimum Gasteiger partial charge on any atom is -0.497 e. The average molecular weight is 434 g/mol. The molecule has 2 heterocycles. The van der Waals surface area contributed by atoms with Crippen LogP contribution in [0.3, 0.4) is 0 Å². The fourth-order valence-electron chi connectivity index (χ4n) is 4.20. The van der Waals surface area contributed by atoms with Crippen molar-refractivity contribution >= 4 is 22.5 Å². The highest BCUT2D eigenvalue weighted by molar-refractivity contribution is 6.05. The van der Waals surface area contributed by atoms with Crippen molar-refractivity contribution in [2.45, 2.75) is 32.7 Å². The van der Waals surface area contributed by atoms with Crippen molar-refractivity contribution in [3.05, 3.63) is 70.1 Å². The summed E-state index contributed by atoms with van der Waals surface area (Å²) in [6.45, 7) is 4.69. The lowest BCUT2D eigenvalue weighted by Gasteiger charge is -2.31. The van der Waals surface area contributed by atoms with Crippen molar-refractivity contribution in [3.8, 4) is 5.75 Å². The lowest BCUT2D eigenvalue weighted by Crippen LogP contribution is -2.41. The van der Waals surface area contributed by atoms with Gasteiger partial charge in [0.2, 0.25) is 0 Å². The molecule has 7 heteroatoms. The summed E-state index contributed by atoms with van der Waals surface area (Å²) in [6, 6.07) is 14.1. The standard InChI is InChI=1S/C25H27N3O4/c1-16(2)28-24(30)21-7-5-4-6-20(21)22(26-28)25(31)27-14-12-18(13-15-27)23(29)17-8-10-19(32-3)11-9-17/h4-11,16,18H,12-15H2,1-3H3. The van der Waals surface area contributed by atoms with Gasteiger partial charge in [0.1, 0.15) is 5.75 Å². The summed E-state index contributed by atoms with van der Waals surface area (Å²) in [6.07, 6.45) is 1.19. The molecule has 0 N–H and O–H groups in total. The summed E-state index contributed by atoms with van der Waals surface area (Å²) in [5.41, 5.74) is 0.747. The van der Waals surface area contributed by atoms with E-state index in [1.54, 1.807) is 60.5 Å². The van der Waals surface area contributed by atoms with Crippen molar-refractivity contribution in [1.82, 2.24) is 14.7 Å². The molecule has 4 rings (SSSR count). The molecule has 166 valence electrons. The van der Waals surface area contributed by atoms with Crippen LogP contribution in [0.1, 0.15) is 53.6 Å². The van der Waals surface area contributed by atoms with Crippen LogP contribution >= 0.6 is 0 Å². The minimum atomic E-state index is -0.203. The van der Waals surface area contributed by atoms with Crippen molar-refractivity contribution < 1.29 is 14.3 Å². The summed E-state index contributed by atoms with van der Waals surface area (Å²) >= 11 is 0. The predicted molar refractivity (Wildman–Crippen MR) is 122 cm³/mol. The maximum Gasteiger partial charge on any atom is 0.274 e. The molecule has 0 bridgehead atoms. The molecule has 3 aromatic rings. The SMILES string of the molecule is COc1ccc(C(=O)C2CCN(C(=O)c3nn(C(C)C)c(=O)c4ccccc34)CC2)cc1. The number of likely N-dealkylation sites (tertiary alicyclic amines) is 1. The first-order valence-electron chi connectivity index (χ1n) is 10.9. The lowest BCUT2D eigenvalue weighted by molar-refractivity contribution is 0.0645. The first-order chi connectivity index (χ1) is 15.4. The van der Waals surface area contributed by atoms with E-state index in [2.05, 4.69) is 5.10 Å². The van der Waals surface area contributed by atoms with Gasteiger partial charge in [-0.15, -0.1) is 0 Å². The third-order valence-corrected chi connectivity index (χ3v) is 6.05. The monoisotopic (exact) mass is 433 g/mol. The number of fused-ring (bicyclic) bond motifs is 1. The van der Waals surface area contributed by atoms with Crippen molar-refractivity contribution in [1.29, 1.82) is 0 Å². The molecule has 1 amide bonds. The molecule has 1 aliphatic heterocycles. The third-order valence-electron chi connectivity index (χ3n) is 6.05. The number of carbonyl (C=O) groups excluding carboxylic acids is 2. The van der Waals surface area contributed by atoms with Crippen LogP contribution in [-0.2, 0) is 0 Å². The zero-order valence-electron chi connectivity index (χ0n) is 18.6. The van der Waals surface area contributed by atoms with Crippen LogP contribution in [0.2, 0.25) is 0 Å². The van der Waals surface area contributed by atoms with E-state index < -0.39 is 0 Å². The predicted octanol–water partition coefficient (Wildman–Crippen LogP) is 3.72. The fourth-order valence-corrected chi connectivity index (χ4v) is 4.20. The van der Waals surface area contributed by atoms with Crippen LogP contribution in [0.5, 0.6) is 5.75 Å². The van der Waals surface area contributed by atoms with Gasteiger partial charge in [-0.3, -0.25) is 14.4 Å². The van der Waals surface area contributed by atoms with E-state index in [0.29, 0.717) is 48.0 Å². The number of rotatable bonds is 5. The Balaban J connectivity index is 1.53. The van der Waals surface area contributed by atoms with Crippen LogP contribution in [0.15, 0.2) is 53.3 Å². The lowest BCUT2D eigenvalue weighted by atomic mass is 9.88. The number of carbonyl (C=O) groups is 2. The van der Waals surface area contributed by atoms with Crippen LogP contribution in [0, 0.1) is 5.92 Å². The molecular weight excluding hydrogens is 406 g/mol. The Labute approximate surface area is 186 Å². The summed E-state index contributed by atoms with van der Waals surface area (Å²) in [5, 5.41) is 5.48. The summed E-state index contributed by atoms with van der Waals surface area (Å²) in [5.74, 6) is 0.480. The van der Waals surface area contributed by atoms with Crippen molar-refractivity contribution in [2.75, 3.05) is 20.2 Å². The Morgan fingerprint density at radius 2 is 1.62 bits per heavy atom. The highest BCUT2D eigenvalue weighted by Gasteiger charge is 2.30. The van der Waals surface area contributed by atoms with Gasteiger partial charge in [0.05, 0.1) is 18.5 Å². The van der Waals surface area contributed by atoms with E-state index in [-0.39, 0.29) is 34.9 Å². The van der Waals surface area contributed by atoms with Gasteiger partial charge in [-0.25, -0.2) is 4.68 Å². The zero-order valence-corrected chi connectivity index (χ0v) is 18.6. The van der Waals surface area contributed by atoms with Crippen molar-refractivity contribution in [3.63, 3.8) is 0 Å². The van der Waals surface area contributed by atoms with Gasteiger partial charge in [0, 0.05) is 30.0 Å². The first-order valence-corrected chi connectivity index (χ1v) is 10.9. The molecule has 2 aromatic carbocycles. The van der Waals surface area contributed by atoms with Gasteiger partial charge < -0.3 is 9.64 Å². The van der Waals surface area contributed by atoms with E-state index in [1.807, 2.05) is 13.8 Å². The van der Waals surface area contributed by atoms with Gasteiger partial charge in [0.15, 0.2) is 11.5 Å². The van der Waals surface area contributed by atoms with E-state index in [9.17, 15) is 14.4 Å². The van der Waals surface area contributed by atoms with Crippen LogP contribution in [-0.4, -0.2) is 46.6 Å². The topological polar surface area (TPSA) is 81.5 Å². The maximum absolute atomic E-state index is 13.4. The zero-order chi connectivity index (χ0) is 22.8. The normalized spacial score (nSPS) is 14.7. The number of ether oxygens (including phenoxy) is 1. The maximum atomic E-state index is 13.4. The molecule has 0 spiro atoms. The Hall–Kier alpha value is -3.48. The molecule has 7 nitrogen and oxygen atoms in total. The van der Waals surface area contributed by atoms with Gasteiger partial charge in [-0.05, 0) is 57.0 Å². The highest BCUT2D eigenvalue weighted by atomic mass is 16.5. The Kier molecular flexibility index (Phi) is 6.08. The number of nitrogens with zero attached hydrogens (tertiary/aromatic N) is 3. The molecule has 32 heavy (non-hydrogen) atoms. The molecule has 1 aliphatic rings. The Morgan fingerprint density at radius 1 is 1.00 bits per heavy atom. The van der Waals surface area contributed by atoms with Crippen LogP contribution < -0.4 is 10.3 Å². The summed E-state index contributed by atoms with van der Waals surface area (Å²) < 4.78 is 6.53. The first kappa shape index (κ1) is 21.7. The second-order valence-corrected chi connectivity index (χ2v) is 8.40. The number of hydrogen-bond acceptors (Lipinski definition) is 5. The second-order valence-electron chi connectivity index (χ2n) is 8.40. The van der Waals surface area contributed by atoms with E-state index in [1.165, 1.54) is 4.68 Å². The van der Waals surface area contributed by atoms with Crippen LogP contribution in [0.25, 0.3) is 10.8 Å². The minimum absolute atomic E-state index is 0.0942. The number of hydrogen-bond donors (Lipinski definition) is 0. The number of piperidine rings is 1. The molecular formula is C25H27N3O4. The second kappa shape index (κ2) is 8.94. The number of aromatic nitrogens is 2. The highest BCUT2D eigenvalue weighted by Crippen LogP contribution is 2.25. The molecule has 1 fully saturated rings. The molecule has 0 unspecified atom stereocenters. The van der Waals surface area contributed by atoms with Gasteiger partial charge >= 0.3 is 0 Å². The average Bonchev–Trinajstić information content (AvgIpc) is 2.83. The van der Waals surface area contributed by atoms with E-state index >= 15 is 0 Å². The number of amides is 1. The largest absolute Gasteiger partial charge is 0.497 e. The molecule has 0 saturated carbocycles. The smallest absolute Gasteiger partial charge is 0.274 e. The number of methoxy groups -OCH3 is 1. The third kappa shape index (κ3) is 4.02. The van der Waals surface area contributed by atoms with Crippen LogP contribution in [0.4, 0.5) is 0 Å². The molecule has 0 radical (unpaired) electrons. The quantitative estimate of drug-likeness (QED) is 0.573. The summed E-state index contributed by atoms with van der Waals surface area (Å²) in [7, 11) is 1.59. The Morgan fingerprint density at radius 3 is 2.22 bits per heavy atom. The van der Waals surface area contributed by atoms with E-state index in [0.717, 1.165) is 0 Å². The molecule has 0 atom stereocenters. The molecule has 1 aromatic heterocycles. The molecule has 1 saturated heterocycles. The fraction of sp³-hybridized carbons (Fsp3) is 0.360. The van der Waals surface area contributed by atoms with Gasteiger partial charge in [-0.2, -0.15) is 5.10 Å². The number of ketones is 1. The molecule has 0 aliphatic carbocycles. The number of benzene rings is 2. The summed E-state index contributed by atoms with van der Waals surface area (Å²) in [4.78, 5) is 40.7. The van der Waals surface area contributed by atoms with E-state index in [4.69, 9.17) is 4.74 Å².